The molecule has 1 fully saturated rings. The molecule has 1 saturated heterocycles. The minimum absolute atomic E-state index is 0.260. The summed E-state index contributed by atoms with van der Waals surface area (Å²) < 4.78 is 1.20. The molecule has 2 rings (SSSR count). The van der Waals surface area contributed by atoms with Crippen molar-refractivity contribution in [3.05, 3.63) is 28.2 Å². The van der Waals surface area contributed by atoms with Gasteiger partial charge in [0.2, 0.25) is 0 Å². The van der Waals surface area contributed by atoms with Gasteiger partial charge >= 0.3 is 0 Å². The highest BCUT2D eigenvalue weighted by Gasteiger charge is 2.15. The number of nitrogens with zero attached hydrogens (tertiary/aromatic N) is 1. The molecule has 0 saturated carbocycles. The lowest BCUT2D eigenvalue weighted by Gasteiger charge is -2.24. The van der Waals surface area contributed by atoms with Crippen molar-refractivity contribution in [2.75, 3.05) is 18.0 Å². The molecule has 2 atom stereocenters. The molecule has 0 radical (unpaired) electrons. The SMILES string of the molecule is CCC(N)Cc1ccc(N2CCCC(C)CC2)cc1Br. The van der Waals surface area contributed by atoms with E-state index in [0.29, 0.717) is 0 Å². The standard InChI is InChI=1S/C17H27BrN2/c1-3-15(19)11-14-6-7-16(12-17(14)18)20-9-4-5-13(2)8-10-20/h6-7,12-13,15H,3-5,8-11,19H2,1-2H3. The zero-order valence-corrected chi connectivity index (χ0v) is 14.3. The Morgan fingerprint density at radius 2 is 2.15 bits per heavy atom. The van der Waals surface area contributed by atoms with Crippen molar-refractivity contribution in [1.29, 1.82) is 0 Å². The average Bonchev–Trinajstić information content (AvgIpc) is 2.65. The molecular weight excluding hydrogens is 312 g/mol. The Morgan fingerprint density at radius 1 is 1.35 bits per heavy atom. The number of nitrogens with two attached hydrogens (primary N) is 1. The monoisotopic (exact) mass is 338 g/mol. The van der Waals surface area contributed by atoms with Crippen LogP contribution in [0.1, 0.15) is 45.1 Å². The second kappa shape index (κ2) is 7.46. The van der Waals surface area contributed by atoms with Crippen molar-refractivity contribution in [1.82, 2.24) is 0 Å². The van der Waals surface area contributed by atoms with Crippen LogP contribution in [0.4, 0.5) is 5.69 Å². The van der Waals surface area contributed by atoms with E-state index in [2.05, 4.69) is 52.9 Å². The van der Waals surface area contributed by atoms with Gasteiger partial charge in [0.15, 0.2) is 0 Å². The van der Waals surface area contributed by atoms with E-state index in [1.807, 2.05) is 0 Å². The first kappa shape index (κ1) is 15.8. The predicted octanol–water partition coefficient (Wildman–Crippen LogP) is 4.36. The van der Waals surface area contributed by atoms with Crippen LogP contribution in [0, 0.1) is 5.92 Å². The first-order valence-corrected chi connectivity index (χ1v) is 8.68. The van der Waals surface area contributed by atoms with E-state index >= 15 is 0 Å². The number of hydrogen-bond acceptors (Lipinski definition) is 2. The van der Waals surface area contributed by atoms with E-state index in [4.69, 9.17) is 5.73 Å². The van der Waals surface area contributed by atoms with Crippen molar-refractivity contribution in [2.24, 2.45) is 11.7 Å². The molecule has 1 heterocycles. The Balaban J connectivity index is 2.08. The molecular formula is C17H27BrN2. The molecule has 2 unspecified atom stereocenters. The molecule has 1 aliphatic heterocycles. The predicted molar refractivity (Wildman–Crippen MR) is 91.3 cm³/mol. The van der Waals surface area contributed by atoms with Gasteiger partial charge in [0.1, 0.15) is 0 Å². The van der Waals surface area contributed by atoms with Gasteiger partial charge < -0.3 is 10.6 Å². The summed E-state index contributed by atoms with van der Waals surface area (Å²) in [6, 6.07) is 7.03. The summed E-state index contributed by atoms with van der Waals surface area (Å²) in [5.41, 5.74) is 8.73. The molecule has 1 aromatic rings. The number of rotatable bonds is 4. The molecule has 1 aliphatic rings. The van der Waals surface area contributed by atoms with Crippen molar-refractivity contribution >= 4 is 21.6 Å². The van der Waals surface area contributed by atoms with Crippen LogP contribution < -0.4 is 10.6 Å². The third-order valence-electron chi connectivity index (χ3n) is 4.43. The van der Waals surface area contributed by atoms with E-state index in [1.54, 1.807) is 0 Å². The Morgan fingerprint density at radius 3 is 2.85 bits per heavy atom. The molecule has 0 amide bonds. The molecule has 3 heteroatoms. The summed E-state index contributed by atoms with van der Waals surface area (Å²) in [5.74, 6) is 0.866. The maximum absolute atomic E-state index is 6.06. The normalized spacial score (nSPS) is 21.6. The smallest absolute Gasteiger partial charge is 0.0377 e. The van der Waals surface area contributed by atoms with Crippen LogP contribution in [0.3, 0.4) is 0 Å². The highest BCUT2D eigenvalue weighted by molar-refractivity contribution is 9.10. The lowest BCUT2D eigenvalue weighted by atomic mass is 10.0. The van der Waals surface area contributed by atoms with Gasteiger partial charge in [0, 0.05) is 29.3 Å². The zero-order valence-electron chi connectivity index (χ0n) is 12.7. The molecule has 0 aromatic heterocycles. The summed E-state index contributed by atoms with van der Waals surface area (Å²) in [6.07, 6.45) is 5.95. The minimum atomic E-state index is 0.260. The van der Waals surface area contributed by atoms with Crippen molar-refractivity contribution < 1.29 is 0 Å². The van der Waals surface area contributed by atoms with E-state index < -0.39 is 0 Å². The highest BCUT2D eigenvalue weighted by atomic mass is 79.9. The van der Waals surface area contributed by atoms with Crippen LogP contribution in [0.5, 0.6) is 0 Å². The molecule has 0 bridgehead atoms. The summed E-state index contributed by atoms with van der Waals surface area (Å²) in [6.45, 7) is 6.88. The molecule has 0 spiro atoms. The van der Waals surface area contributed by atoms with Crippen LogP contribution in [0.15, 0.2) is 22.7 Å². The van der Waals surface area contributed by atoms with Crippen LogP contribution in [-0.4, -0.2) is 19.1 Å². The fraction of sp³-hybridized carbons (Fsp3) is 0.647. The molecule has 20 heavy (non-hydrogen) atoms. The molecule has 2 nitrogen and oxygen atoms in total. The molecule has 1 aromatic carbocycles. The number of hydrogen-bond donors (Lipinski definition) is 1. The number of benzene rings is 1. The van der Waals surface area contributed by atoms with Crippen LogP contribution in [0.2, 0.25) is 0 Å². The van der Waals surface area contributed by atoms with Gasteiger partial charge in [-0.05, 0) is 55.7 Å². The van der Waals surface area contributed by atoms with E-state index in [-0.39, 0.29) is 6.04 Å². The average molecular weight is 339 g/mol. The van der Waals surface area contributed by atoms with Crippen LogP contribution >= 0.6 is 15.9 Å². The lowest BCUT2D eigenvalue weighted by molar-refractivity contribution is 0.521. The van der Waals surface area contributed by atoms with Gasteiger partial charge in [-0.2, -0.15) is 0 Å². The molecule has 112 valence electrons. The second-order valence-corrected chi connectivity index (χ2v) is 7.03. The van der Waals surface area contributed by atoms with Crippen molar-refractivity contribution in [2.45, 2.75) is 52.0 Å². The van der Waals surface area contributed by atoms with E-state index in [9.17, 15) is 0 Å². The van der Waals surface area contributed by atoms with Crippen LogP contribution in [0.25, 0.3) is 0 Å². The Hall–Kier alpha value is -0.540. The topological polar surface area (TPSA) is 29.3 Å². The first-order valence-electron chi connectivity index (χ1n) is 7.89. The van der Waals surface area contributed by atoms with Gasteiger partial charge in [0.05, 0.1) is 0 Å². The summed E-state index contributed by atoms with van der Waals surface area (Å²) in [7, 11) is 0. The molecule has 0 aliphatic carbocycles. The summed E-state index contributed by atoms with van der Waals surface area (Å²) in [5, 5.41) is 0. The Kier molecular flexibility index (Phi) is 5.91. The maximum atomic E-state index is 6.06. The van der Waals surface area contributed by atoms with E-state index in [0.717, 1.165) is 18.8 Å². The highest BCUT2D eigenvalue weighted by Crippen LogP contribution is 2.28. The van der Waals surface area contributed by atoms with Gasteiger partial charge in [0.25, 0.3) is 0 Å². The minimum Gasteiger partial charge on any atom is -0.371 e. The third-order valence-corrected chi connectivity index (χ3v) is 5.16. The second-order valence-electron chi connectivity index (χ2n) is 6.17. The summed E-state index contributed by atoms with van der Waals surface area (Å²) >= 11 is 3.72. The van der Waals surface area contributed by atoms with Crippen molar-refractivity contribution in [3.63, 3.8) is 0 Å². The fourth-order valence-corrected chi connectivity index (χ4v) is 3.38. The number of anilines is 1. The Labute approximate surface area is 131 Å². The largest absolute Gasteiger partial charge is 0.371 e. The fourth-order valence-electron chi connectivity index (χ4n) is 2.85. The van der Waals surface area contributed by atoms with Gasteiger partial charge in [-0.15, -0.1) is 0 Å². The number of halogens is 1. The van der Waals surface area contributed by atoms with E-state index in [1.165, 1.54) is 48.1 Å². The van der Waals surface area contributed by atoms with Gasteiger partial charge in [-0.1, -0.05) is 35.8 Å². The van der Waals surface area contributed by atoms with Crippen LogP contribution in [-0.2, 0) is 6.42 Å². The van der Waals surface area contributed by atoms with Gasteiger partial charge in [-0.25, -0.2) is 0 Å². The van der Waals surface area contributed by atoms with Gasteiger partial charge in [-0.3, -0.25) is 0 Å². The maximum Gasteiger partial charge on any atom is 0.0377 e. The third kappa shape index (κ3) is 4.23. The van der Waals surface area contributed by atoms with Crippen molar-refractivity contribution in [3.8, 4) is 0 Å². The summed E-state index contributed by atoms with van der Waals surface area (Å²) in [4.78, 5) is 2.53. The quantitative estimate of drug-likeness (QED) is 0.883. The first-order chi connectivity index (χ1) is 9.60. The lowest BCUT2D eigenvalue weighted by Crippen LogP contribution is -2.24. The Bertz CT molecular complexity index is 433. The molecule has 2 N–H and O–H groups in total. The zero-order chi connectivity index (χ0) is 14.5.